The van der Waals surface area contributed by atoms with Crippen molar-refractivity contribution in [2.24, 2.45) is 0 Å². The van der Waals surface area contributed by atoms with Gasteiger partial charge in [-0.05, 0) is 30.7 Å². The van der Waals surface area contributed by atoms with Crippen molar-refractivity contribution < 1.29 is 22.7 Å². The Morgan fingerprint density at radius 1 is 1.36 bits per heavy atom. The third kappa shape index (κ3) is 3.48. The number of unbranched alkanes of at least 4 members (excludes halogenated alkanes) is 1. The summed E-state index contributed by atoms with van der Waals surface area (Å²) >= 11 is 0. The van der Waals surface area contributed by atoms with Crippen molar-refractivity contribution in [3.05, 3.63) is 36.1 Å². The summed E-state index contributed by atoms with van der Waals surface area (Å²) in [6, 6.07) is 5.87. The van der Waals surface area contributed by atoms with Crippen LogP contribution in [-0.2, 0) is 10.7 Å². The Morgan fingerprint density at radius 2 is 2.14 bits per heavy atom. The van der Waals surface area contributed by atoms with Gasteiger partial charge in [-0.15, -0.1) is 0 Å². The van der Waals surface area contributed by atoms with Crippen LogP contribution < -0.4 is 5.32 Å². The van der Waals surface area contributed by atoms with Crippen molar-refractivity contribution in [1.82, 2.24) is 0 Å². The molecule has 7 heteroatoms. The highest BCUT2D eigenvalue weighted by atomic mass is 32.2. The van der Waals surface area contributed by atoms with Crippen molar-refractivity contribution in [1.29, 1.82) is 0 Å². The second-order valence-electron chi connectivity index (χ2n) is 4.74. The molecule has 2 N–H and O–H groups in total. The fourth-order valence-electron chi connectivity index (χ4n) is 2.11. The van der Waals surface area contributed by atoms with Crippen molar-refractivity contribution in [3.8, 4) is 11.3 Å². The molecule has 0 bridgehead atoms. The maximum atomic E-state index is 11.5. The number of nitrogens with one attached hydrogen (secondary N) is 1. The number of rotatable bonds is 7. The molecule has 0 saturated carbocycles. The van der Waals surface area contributed by atoms with E-state index in [2.05, 4.69) is 5.32 Å². The predicted octanol–water partition coefficient (Wildman–Crippen LogP) is 2.83. The molecule has 0 fully saturated rings. The van der Waals surface area contributed by atoms with Crippen LogP contribution in [0.2, 0.25) is 0 Å². The number of hydrogen-bond donors (Lipinski definition) is 3. The van der Waals surface area contributed by atoms with E-state index in [1.807, 2.05) is 6.92 Å². The molecule has 118 valence electrons. The molecule has 2 aromatic rings. The van der Waals surface area contributed by atoms with E-state index in [0.29, 0.717) is 23.6 Å². The van der Waals surface area contributed by atoms with Crippen molar-refractivity contribution in [3.63, 3.8) is 0 Å². The lowest BCUT2D eigenvalue weighted by molar-refractivity contribution is 0.0696. The molecule has 0 atom stereocenters. The Morgan fingerprint density at radius 3 is 2.68 bits per heavy atom. The van der Waals surface area contributed by atoms with Gasteiger partial charge in [-0.2, -0.15) is 0 Å². The summed E-state index contributed by atoms with van der Waals surface area (Å²) in [5.41, 5.74) is 0.725. The van der Waals surface area contributed by atoms with Crippen LogP contribution in [-0.4, -0.2) is 26.0 Å². The standard InChI is InChI=1S/C15H17NO5S/c1-2-3-6-16-11-8-10(15(17)18)9-13(22(19)20)14(11)12-5-4-7-21-12/h4-5,7-9,16,22H,2-3,6H2,1H3,(H,17,18). The molecule has 2 rings (SSSR count). The van der Waals surface area contributed by atoms with Gasteiger partial charge >= 0.3 is 5.97 Å². The SMILES string of the molecule is CCCCNc1cc(C(=O)O)cc([SH](=O)=O)c1-c1ccco1. The Hall–Kier alpha value is -2.28. The molecular formula is C15H17NO5S. The van der Waals surface area contributed by atoms with E-state index in [1.165, 1.54) is 12.3 Å². The lowest BCUT2D eigenvalue weighted by Gasteiger charge is -2.13. The summed E-state index contributed by atoms with van der Waals surface area (Å²) < 4.78 is 28.4. The number of furan rings is 1. The van der Waals surface area contributed by atoms with Crippen LogP contribution in [0.4, 0.5) is 5.69 Å². The fraction of sp³-hybridized carbons (Fsp3) is 0.267. The van der Waals surface area contributed by atoms with Crippen molar-refractivity contribution in [2.75, 3.05) is 11.9 Å². The Bertz CT molecular complexity index is 727. The number of benzene rings is 1. The van der Waals surface area contributed by atoms with Gasteiger partial charge in [0.1, 0.15) is 5.76 Å². The lowest BCUT2D eigenvalue weighted by atomic mass is 10.1. The zero-order valence-electron chi connectivity index (χ0n) is 12.0. The van der Waals surface area contributed by atoms with Gasteiger partial charge in [0.2, 0.25) is 0 Å². The van der Waals surface area contributed by atoms with Crippen LogP contribution in [0.15, 0.2) is 39.8 Å². The highest BCUT2D eigenvalue weighted by Crippen LogP contribution is 2.34. The van der Waals surface area contributed by atoms with E-state index in [-0.39, 0.29) is 10.5 Å². The fourth-order valence-corrected chi connectivity index (χ4v) is 2.77. The number of thiol groups is 1. The van der Waals surface area contributed by atoms with Crippen LogP contribution in [0, 0.1) is 0 Å². The molecule has 0 spiro atoms. The zero-order valence-corrected chi connectivity index (χ0v) is 12.9. The Labute approximate surface area is 129 Å². The first-order valence-electron chi connectivity index (χ1n) is 6.88. The maximum absolute atomic E-state index is 11.5. The third-order valence-corrected chi connectivity index (χ3v) is 3.92. The highest BCUT2D eigenvalue weighted by Gasteiger charge is 2.19. The number of aromatic carboxylic acids is 1. The van der Waals surface area contributed by atoms with Crippen LogP contribution in [0.1, 0.15) is 30.1 Å². The van der Waals surface area contributed by atoms with E-state index < -0.39 is 16.7 Å². The van der Waals surface area contributed by atoms with Gasteiger partial charge < -0.3 is 14.8 Å². The van der Waals surface area contributed by atoms with Crippen LogP contribution in [0.3, 0.4) is 0 Å². The summed E-state index contributed by atoms with van der Waals surface area (Å²) in [4.78, 5) is 11.1. The minimum absolute atomic E-state index is 0.0659. The minimum Gasteiger partial charge on any atom is -0.478 e. The third-order valence-electron chi connectivity index (χ3n) is 3.17. The summed E-state index contributed by atoms with van der Waals surface area (Å²) in [6.45, 7) is 2.64. The van der Waals surface area contributed by atoms with E-state index in [1.54, 1.807) is 12.1 Å². The topological polar surface area (TPSA) is 96.6 Å². The Kier molecular flexibility index (Phi) is 5.21. The van der Waals surface area contributed by atoms with Gasteiger partial charge in [-0.1, -0.05) is 13.3 Å². The predicted molar refractivity (Wildman–Crippen MR) is 83.1 cm³/mol. The summed E-state index contributed by atoms with van der Waals surface area (Å²) in [5, 5.41) is 12.3. The van der Waals surface area contributed by atoms with Gasteiger partial charge in [0.25, 0.3) is 0 Å². The Balaban J connectivity index is 2.62. The number of carboxylic acids is 1. The molecular weight excluding hydrogens is 306 g/mol. The molecule has 1 aromatic heterocycles. The normalized spacial score (nSPS) is 10.8. The van der Waals surface area contributed by atoms with Gasteiger partial charge in [-0.25, -0.2) is 13.2 Å². The molecule has 0 saturated heterocycles. The molecule has 0 unspecified atom stereocenters. The van der Waals surface area contributed by atoms with Crippen LogP contribution >= 0.6 is 0 Å². The molecule has 0 aliphatic heterocycles. The summed E-state index contributed by atoms with van der Waals surface area (Å²) in [5.74, 6) is -0.798. The average molecular weight is 323 g/mol. The molecule has 0 amide bonds. The lowest BCUT2D eigenvalue weighted by Crippen LogP contribution is -2.07. The van der Waals surface area contributed by atoms with Gasteiger partial charge in [-0.3, -0.25) is 0 Å². The van der Waals surface area contributed by atoms with Crippen LogP contribution in [0.5, 0.6) is 0 Å². The number of anilines is 1. The first kappa shape index (κ1) is 16.1. The summed E-state index contributed by atoms with van der Waals surface area (Å²) in [6.07, 6.45) is 3.29. The minimum atomic E-state index is -2.96. The largest absolute Gasteiger partial charge is 0.478 e. The van der Waals surface area contributed by atoms with Crippen LogP contribution in [0.25, 0.3) is 11.3 Å². The molecule has 0 aliphatic carbocycles. The molecule has 22 heavy (non-hydrogen) atoms. The van der Waals surface area contributed by atoms with Gasteiger partial charge in [0, 0.05) is 12.2 Å². The first-order valence-corrected chi connectivity index (χ1v) is 8.05. The van der Waals surface area contributed by atoms with E-state index in [4.69, 9.17) is 9.52 Å². The van der Waals surface area contributed by atoms with Gasteiger partial charge in [0.15, 0.2) is 10.7 Å². The van der Waals surface area contributed by atoms with Gasteiger partial charge in [0.05, 0.1) is 22.3 Å². The van der Waals surface area contributed by atoms with E-state index >= 15 is 0 Å². The molecule has 0 aliphatic rings. The monoisotopic (exact) mass is 323 g/mol. The average Bonchev–Trinajstić information content (AvgIpc) is 3.00. The van der Waals surface area contributed by atoms with E-state index in [0.717, 1.165) is 18.9 Å². The quantitative estimate of drug-likeness (QED) is 0.535. The summed E-state index contributed by atoms with van der Waals surface area (Å²) in [7, 11) is -2.96. The maximum Gasteiger partial charge on any atom is 0.335 e. The highest BCUT2D eigenvalue weighted by molar-refractivity contribution is 7.72. The molecule has 0 radical (unpaired) electrons. The van der Waals surface area contributed by atoms with Crippen molar-refractivity contribution in [2.45, 2.75) is 24.7 Å². The molecule has 1 aromatic carbocycles. The first-order chi connectivity index (χ1) is 10.5. The molecule has 1 heterocycles. The zero-order chi connectivity index (χ0) is 16.1. The second-order valence-corrected chi connectivity index (χ2v) is 5.73. The van der Waals surface area contributed by atoms with Crippen molar-refractivity contribution >= 4 is 22.4 Å². The number of carbonyl (C=O) groups is 1. The number of hydrogen-bond acceptors (Lipinski definition) is 5. The van der Waals surface area contributed by atoms with E-state index in [9.17, 15) is 13.2 Å². The number of carboxylic acid groups (broad SMARTS) is 1. The molecule has 6 nitrogen and oxygen atoms in total. The second kappa shape index (κ2) is 7.13. The smallest absolute Gasteiger partial charge is 0.335 e.